The second-order valence-electron chi connectivity index (χ2n) is 6.89. The Hall–Kier alpha value is -1.10. The third-order valence-corrected chi connectivity index (χ3v) is 5.15. The summed E-state index contributed by atoms with van der Waals surface area (Å²) in [4.78, 5) is 15.0. The third kappa shape index (κ3) is 6.96. The van der Waals surface area contributed by atoms with Crippen LogP contribution in [0.3, 0.4) is 0 Å². The van der Waals surface area contributed by atoms with Gasteiger partial charge in [0.05, 0.1) is 0 Å². The molecule has 0 aromatic heterocycles. The Morgan fingerprint density at radius 1 is 1.28 bits per heavy atom. The number of hydrogen-bond donors (Lipinski definition) is 2. The molecule has 1 aliphatic heterocycles. The molecule has 2 N–H and O–H groups in total. The highest BCUT2D eigenvalue weighted by Crippen LogP contribution is 2.16. The SMILES string of the molecule is CCN(CC)C(CNC(=O)[C@H]1CCN[C@@H](C)C1)Cc1ccccc1.Cl. The van der Waals surface area contributed by atoms with Gasteiger partial charge in [0.25, 0.3) is 0 Å². The molecule has 1 unspecified atom stereocenters. The standard InChI is InChI=1S/C20H33N3O.ClH/c1-4-23(5-2)19(14-17-9-7-6-8-10-17)15-22-20(24)18-11-12-21-16(3)13-18;/h6-10,16,18-19,21H,4-5,11-15H2,1-3H3,(H,22,24);1H/t16-,18-,19?;/m0./s1. The molecular weight excluding hydrogens is 334 g/mol. The van der Waals surface area contributed by atoms with Gasteiger partial charge in [0.1, 0.15) is 0 Å². The molecule has 1 heterocycles. The van der Waals surface area contributed by atoms with Gasteiger partial charge in [0.15, 0.2) is 0 Å². The van der Waals surface area contributed by atoms with Gasteiger partial charge in [0, 0.05) is 24.5 Å². The van der Waals surface area contributed by atoms with Gasteiger partial charge >= 0.3 is 0 Å². The van der Waals surface area contributed by atoms with E-state index in [0.29, 0.717) is 12.1 Å². The minimum Gasteiger partial charge on any atom is -0.354 e. The maximum atomic E-state index is 12.5. The van der Waals surface area contributed by atoms with Crippen molar-refractivity contribution in [2.45, 2.75) is 52.1 Å². The Labute approximate surface area is 159 Å². The molecule has 1 aromatic carbocycles. The first kappa shape index (κ1) is 21.9. The van der Waals surface area contributed by atoms with Crippen LogP contribution in [0, 0.1) is 5.92 Å². The van der Waals surface area contributed by atoms with Gasteiger partial charge < -0.3 is 10.6 Å². The highest BCUT2D eigenvalue weighted by molar-refractivity contribution is 5.85. The van der Waals surface area contributed by atoms with Gasteiger partial charge in [-0.05, 0) is 51.4 Å². The third-order valence-electron chi connectivity index (χ3n) is 5.15. The molecule has 1 saturated heterocycles. The van der Waals surface area contributed by atoms with E-state index in [1.54, 1.807) is 0 Å². The van der Waals surface area contributed by atoms with Gasteiger partial charge in [-0.2, -0.15) is 0 Å². The first-order valence-electron chi connectivity index (χ1n) is 9.43. The molecule has 1 amide bonds. The van der Waals surface area contributed by atoms with Crippen molar-refractivity contribution in [3.8, 4) is 0 Å². The van der Waals surface area contributed by atoms with Gasteiger partial charge in [-0.3, -0.25) is 9.69 Å². The van der Waals surface area contributed by atoms with Crippen LogP contribution in [0.15, 0.2) is 30.3 Å². The lowest BCUT2D eigenvalue weighted by atomic mass is 9.92. The molecule has 25 heavy (non-hydrogen) atoms. The maximum absolute atomic E-state index is 12.5. The van der Waals surface area contributed by atoms with Crippen molar-refractivity contribution < 1.29 is 4.79 Å². The number of carbonyl (C=O) groups is 1. The smallest absolute Gasteiger partial charge is 0.223 e. The first-order valence-corrected chi connectivity index (χ1v) is 9.43. The molecule has 1 aliphatic rings. The van der Waals surface area contributed by atoms with Crippen molar-refractivity contribution in [1.29, 1.82) is 0 Å². The minimum absolute atomic E-state index is 0. The zero-order chi connectivity index (χ0) is 17.4. The molecule has 0 bridgehead atoms. The maximum Gasteiger partial charge on any atom is 0.223 e. The molecule has 1 aromatic rings. The topological polar surface area (TPSA) is 44.4 Å². The fraction of sp³-hybridized carbons (Fsp3) is 0.650. The van der Waals surface area contributed by atoms with E-state index < -0.39 is 0 Å². The average Bonchev–Trinajstić information content (AvgIpc) is 2.61. The summed E-state index contributed by atoms with van der Waals surface area (Å²) < 4.78 is 0. The fourth-order valence-corrected chi connectivity index (χ4v) is 3.69. The van der Waals surface area contributed by atoms with E-state index in [2.05, 4.69) is 66.6 Å². The van der Waals surface area contributed by atoms with Crippen LogP contribution in [0.5, 0.6) is 0 Å². The van der Waals surface area contributed by atoms with E-state index in [1.165, 1.54) is 5.56 Å². The number of likely N-dealkylation sites (N-methyl/N-ethyl adjacent to an activating group) is 1. The van der Waals surface area contributed by atoms with Crippen LogP contribution < -0.4 is 10.6 Å². The number of amides is 1. The number of carbonyl (C=O) groups excluding carboxylic acids is 1. The Balaban J connectivity index is 0.00000312. The van der Waals surface area contributed by atoms with Crippen LogP contribution in [0.25, 0.3) is 0 Å². The summed E-state index contributed by atoms with van der Waals surface area (Å²) in [5, 5.41) is 6.65. The molecular formula is C20H34ClN3O. The number of nitrogens with one attached hydrogen (secondary N) is 2. The number of halogens is 1. The minimum atomic E-state index is 0. The Kier molecular flexibility index (Phi) is 10.1. The quantitative estimate of drug-likeness (QED) is 0.742. The van der Waals surface area contributed by atoms with Crippen LogP contribution in [0.1, 0.15) is 39.2 Å². The van der Waals surface area contributed by atoms with Crippen LogP contribution in [0.2, 0.25) is 0 Å². The van der Waals surface area contributed by atoms with Crippen LogP contribution in [-0.2, 0) is 11.2 Å². The Morgan fingerprint density at radius 2 is 1.96 bits per heavy atom. The summed E-state index contributed by atoms with van der Waals surface area (Å²) in [7, 11) is 0. The van der Waals surface area contributed by atoms with E-state index in [-0.39, 0.29) is 24.2 Å². The van der Waals surface area contributed by atoms with Crippen molar-refractivity contribution in [2.75, 3.05) is 26.2 Å². The first-order chi connectivity index (χ1) is 11.6. The lowest BCUT2D eigenvalue weighted by Crippen LogP contribution is -2.48. The molecule has 0 radical (unpaired) electrons. The summed E-state index contributed by atoms with van der Waals surface area (Å²) in [5.41, 5.74) is 1.33. The highest BCUT2D eigenvalue weighted by Gasteiger charge is 2.25. The Bertz CT molecular complexity index is 493. The van der Waals surface area contributed by atoms with Crippen LogP contribution in [0.4, 0.5) is 0 Å². The lowest BCUT2D eigenvalue weighted by molar-refractivity contribution is -0.126. The molecule has 0 aliphatic carbocycles. The van der Waals surface area contributed by atoms with Crippen molar-refractivity contribution in [3.63, 3.8) is 0 Å². The van der Waals surface area contributed by atoms with Crippen LogP contribution >= 0.6 is 12.4 Å². The van der Waals surface area contributed by atoms with E-state index in [4.69, 9.17) is 0 Å². The van der Waals surface area contributed by atoms with Crippen molar-refractivity contribution >= 4 is 18.3 Å². The zero-order valence-electron chi connectivity index (χ0n) is 15.8. The van der Waals surface area contributed by atoms with Crippen molar-refractivity contribution in [1.82, 2.24) is 15.5 Å². The molecule has 1 fully saturated rings. The molecule has 5 heteroatoms. The second-order valence-corrected chi connectivity index (χ2v) is 6.89. The summed E-state index contributed by atoms with van der Waals surface area (Å²) in [6, 6.07) is 11.4. The van der Waals surface area contributed by atoms with Gasteiger partial charge in [-0.15, -0.1) is 12.4 Å². The highest BCUT2D eigenvalue weighted by atomic mass is 35.5. The zero-order valence-corrected chi connectivity index (χ0v) is 16.6. The molecule has 2 rings (SSSR count). The van der Waals surface area contributed by atoms with Gasteiger partial charge in [-0.25, -0.2) is 0 Å². The van der Waals surface area contributed by atoms with E-state index in [0.717, 1.165) is 45.4 Å². The molecule has 4 nitrogen and oxygen atoms in total. The van der Waals surface area contributed by atoms with Crippen LogP contribution in [-0.4, -0.2) is 49.1 Å². The molecule has 142 valence electrons. The summed E-state index contributed by atoms with van der Waals surface area (Å²) in [5.74, 6) is 0.392. The van der Waals surface area contributed by atoms with Gasteiger partial charge in [-0.1, -0.05) is 44.2 Å². The second kappa shape index (κ2) is 11.5. The number of rotatable bonds is 8. The predicted molar refractivity (Wildman–Crippen MR) is 107 cm³/mol. The van der Waals surface area contributed by atoms with Crippen molar-refractivity contribution in [3.05, 3.63) is 35.9 Å². The van der Waals surface area contributed by atoms with E-state index in [9.17, 15) is 4.79 Å². The largest absolute Gasteiger partial charge is 0.354 e. The fourth-order valence-electron chi connectivity index (χ4n) is 3.69. The average molecular weight is 368 g/mol. The monoisotopic (exact) mass is 367 g/mol. The molecule has 3 atom stereocenters. The number of hydrogen-bond acceptors (Lipinski definition) is 3. The number of benzene rings is 1. The van der Waals surface area contributed by atoms with Crippen molar-refractivity contribution in [2.24, 2.45) is 5.92 Å². The molecule has 0 spiro atoms. The van der Waals surface area contributed by atoms with E-state index >= 15 is 0 Å². The predicted octanol–water partition coefficient (Wildman–Crippen LogP) is 2.87. The summed E-state index contributed by atoms with van der Waals surface area (Å²) in [6.45, 7) is 10.2. The normalized spacial score (nSPS) is 21.4. The Morgan fingerprint density at radius 3 is 2.56 bits per heavy atom. The lowest BCUT2D eigenvalue weighted by Gasteiger charge is -2.32. The van der Waals surface area contributed by atoms with E-state index in [1.807, 2.05) is 0 Å². The number of nitrogens with zero attached hydrogens (tertiary/aromatic N) is 1. The summed E-state index contributed by atoms with van der Waals surface area (Å²) >= 11 is 0. The molecule has 0 saturated carbocycles. The summed E-state index contributed by atoms with van der Waals surface area (Å²) in [6.07, 6.45) is 2.87. The van der Waals surface area contributed by atoms with Gasteiger partial charge in [0.2, 0.25) is 5.91 Å². The number of piperidine rings is 1.